The SMILES string of the molecule is Cc1csc(C(C)n2c(C(C)Cl)nc3ccc(F)cc32)n1. The number of imidazole rings is 1. The summed E-state index contributed by atoms with van der Waals surface area (Å²) >= 11 is 7.85. The van der Waals surface area contributed by atoms with Crippen LogP contribution in [0.25, 0.3) is 11.0 Å². The van der Waals surface area contributed by atoms with Gasteiger partial charge < -0.3 is 4.57 Å². The molecule has 2 heterocycles. The lowest BCUT2D eigenvalue weighted by Crippen LogP contribution is -2.11. The fourth-order valence-electron chi connectivity index (χ4n) is 2.45. The van der Waals surface area contributed by atoms with Gasteiger partial charge in [0.15, 0.2) is 0 Å². The van der Waals surface area contributed by atoms with E-state index in [0.717, 1.165) is 27.6 Å². The average molecular weight is 324 g/mol. The quantitative estimate of drug-likeness (QED) is 0.645. The standard InChI is InChI=1S/C15H15ClFN3S/c1-8-7-21-15(18-8)10(3)20-13-6-11(17)4-5-12(13)19-14(20)9(2)16/h4-7,9-10H,1-3H3. The summed E-state index contributed by atoms with van der Waals surface area (Å²) in [4.78, 5) is 9.08. The molecule has 6 heteroatoms. The predicted octanol–water partition coefficient (Wildman–Crippen LogP) is 4.85. The number of aromatic nitrogens is 3. The smallest absolute Gasteiger partial charge is 0.128 e. The summed E-state index contributed by atoms with van der Waals surface area (Å²) in [6.07, 6.45) is 0. The summed E-state index contributed by atoms with van der Waals surface area (Å²) in [5, 5.41) is 2.72. The molecule has 2 aromatic heterocycles. The Morgan fingerprint density at radius 2 is 2.05 bits per heavy atom. The first-order valence-corrected chi connectivity index (χ1v) is 8.02. The number of thiazole rings is 1. The van der Waals surface area contributed by atoms with E-state index in [1.807, 2.05) is 30.7 Å². The molecule has 3 rings (SSSR count). The minimum Gasteiger partial charge on any atom is -0.317 e. The molecule has 0 aliphatic rings. The van der Waals surface area contributed by atoms with Crippen molar-refractivity contribution in [1.29, 1.82) is 0 Å². The number of alkyl halides is 1. The van der Waals surface area contributed by atoms with E-state index in [0.29, 0.717) is 0 Å². The van der Waals surface area contributed by atoms with Gasteiger partial charge in [-0.15, -0.1) is 22.9 Å². The van der Waals surface area contributed by atoms with Crippen molar-refractivity contribution in [2.24, 2.45) is 0 Å². The van der Waals surface area contributed by atoms with Crippen LogP contribution in [0.3, 0.4) is 0 Å². The molecule has 1 aromatic carbocycles. The van der Waals surface area contributed by atoms with Gasteiger partial charge in [0.1, 0.15) is 16.6 Å². The van der Waals surface area contributed by atoms with Crippen LogP contribution < -0.4 is 0 Å². The number of halogens is 2. The summed E-state index contributed by atoms with van der Waals surface area (Å²) in [5.74, 6) is 0.456. The summed E-state index contributed by atoms with van der Waals surface area (Å²) in [6.45, 7) is 5.87. The Kier molecular flexibility index (Phi) is 3.71. The molecule has 0 spiro atoms. The van der Waals surface area contributed by atoms with E-state index in [1.54, 1.807) is 17.4 Å². The number of fused-ring (bicyclic) bond motifs is 1. The van der Waals surface area contributed by atoms with Crippen LogP contribution >= 0.6 is 22.9 Å². The predicted molar refractivity (Wildman–Crippen MR) is 84.6 cm³/mol. The van der Waals surface area contributed by atoms with Crippen LogP contribution in [-0.2, 0) is 0 Å². The van der Waals surface area contributed by atoms with Gasteiger partial charge in [-0.3, -0.25) is 0 Å². The fraction of sp³-hybridized carbons (Fsp3) is 0.333. The van der Waals surface area contributed by atoms with Crippen LogP contribution in [0.2, 0.25) is 0 Å². The molecule has 21 heavy (non-hydrogen) atoms. The second-order valence-corrected chi connectivity index (χ2v) is 6.64. The first-order chi connectivity index (χ1) is 9.97. The zero-order chi connectivity index (χ0) is 15.1. The number of aryl methyl sites for hydroxylation is 1. The molecule has 0 saturated carbocycles. The van der Waals surface area contributed by atoms with E-state index in [4.69, 9.17) is 11.6 Å². The van der Waals surface area contributed by atoms with Crippen LogP contribution in [-0.4, -0.2) is 14.5 Å². The van der Waals surface area contributed by atoms with Gasteiger partial charge in [0, 0.05) is 11.1 Å². The van der Waals surface area contributed by atoms with E-state index >= 15 is 0 Å². The van der Waals surface area contributed by atoms with Crippen LogP contribution in [0.5, 0.6) is 0 Å². The van der Waals surface area contributed by atoms with Crippen molar-refractivity contribution >= 4 is 34.0 Å². The molecule has 3 aromatic rings. The Bertz CT molecular complexity index is 793. The maximum absolute atomic E-state index is 13.6. The molecule has 0 aliphatic heterocycles. The van der Waals surface area contributed by atoms with Crippen molar-refractivity contribution in [3.8, 4) is 0 Å². The van der Waals surface area contributed by atoms with Crippen LogP contribution in [0, 0.1) is 12.7 Å². The first kappa shape index (κ1) is 14.5. The molecule has 0 amide bonds. The monoisotopic (exact) mass is 323 g/mol. The molecule has 0 N–H and O–H groups in total. The van der Waals surface area contributed by atoms with Gasteiger partial charge in [-0.25, -0.2) is 14.4 Å². The largest absolute Gasteiger partial charge is 0.317 e. The molecule has 0 radical (unpaired) electrons. The molecule has 3 nitrogen and oxygen atoms in total. The minimum atomic E-state index is -0.278. The molecule has 0 fully saturated rings. The molecule has 0 bridgehead atoms. The Morgan fingerprint density at radius 3 is 2.67 bits per heavy atom. The van der Waals surface area contributed by atoms with Gasteiger partial charge in [-0.2, -0.15) is 0 Å². The average Bonchev–Trinajstić information content (AvgIpc) is 3.01. The van der Waals surface area contributed by atoms with Crippen molar-refractivity contribution in [3.05, 3.63) is 45.9 Å². The van der Waals surface area contributed by atoms with E-state index in [9.17, 15) is 4.39 Å². The molecular weight excluding hydrogens is 309 g/mol. The molecule has 0 saturated heterocycles. The first-order valence-electron chi connectivity index (χ1n) is 6.71. The highest BCUT2D eigenvalue weighted by atomic mass is 35.5. The Morgan fingerprint density at radius 1 is 1.29 bits per heavy atom. The second-order valence-electron chi connectivity index (χ2n) is 5.09. The molecule has 2 atom stereocenters. The highest BCUT2D eigenvalue weighted by molar-refractivity contribution is 7.09. The van der Waals surface area contributed by atoms with E-state index in [1.165, 1.54) is 12.1 Å². The normalized spacial score (nSPS) is 14.5. The molecule has 2 unspecified atom stereocenters. The second kappa shape index (κ2) is 5.39. The van der Waals surface area contributed by atoms with E-state index in [-0.39, 0.29) is 17.2 Å². The molecular formula is C15H15ClFN3S. The van der Waals surface area contributed by atoms with Crippen molar-refractivity contribution in [2.45, 2.75) is 32.2 Å². The maximum atomic E-state index is 13.6. The van der Waals surface area contributed by atoms with Gasteiger partial charge in [0.2, 0.25) is 0 Å². The van der Waals surface area contributed by atoms with Gasteiger partial charge in [0.25, 0.3) is 0 Å². The number of benzene rings is 1. The zero-order valence-corrected chi connectivity index (χ0v) is 13.5. The van der Waals surface area contributed by atoms with Crippen LogP contribution in [0.15, 0.2) is 23.6 Å². The van der Waals surface area contributed by atoms with E-state index in [2.05, 4.69) is 9.97 Å². The number of hydrogen-bond donors (Lipinski definition) is 0. The third-order valence-corrected chi connectivity index (χ3v) is 4.74. The Hall–Kier alpha value is -1.46. The highest BCUT2D eigenvalue weighted by Crippen LogP contribution is 2.32. The number of nitrogens with zero attached hydrogens (tertiary/aromatic N) is 3. The summed E-state index contributed by atoms with van der Waals surface area (Å²) < 4.78 is 15.6. The molecule has 0 aliphatic carbocycles. The lowest BCUT2D eigenvalue weighted by molar-refractivity contribution is 0.606. The lowest BCUT2D eigenvalue weighted by atomic mass is 10.2. The van der Waals surface area contributed by atoms with Crippen LogP contribution in [0.4, 0.5) is 4.39 Å². The number of hydrogen-bond acceptors (Lipinski definition) is 3. The summed E-state index contributed by atoms with van der Waals surface area (Å²) in [5.41, 5.74) is 2.48. The van der Waals surface area contributed by atoms with Crippen molar-refractivity contribution in [1.82, 2.24) is 14.5 Å². The van der Waals surface area contributed by atoms with Gasteiger partial charge in [-0.1, -0.05) is 0 Å². The zero-order valence-electron chi connectivity index (χ0n) is 12.0. The van der Waals surface area contributed by atoms with Crippen LogP contribution in [0.1, 0.15) is 41.8 Å². The van der Waals surface area contributed by atoms with Gasteiger partial charge >= 0.3 is 0 Å². The Labute approximate surface area is 131 Å². The van der Waals surface area contributed by atoms with Crippen molar-refractivity contribution in [3.63, 3.8) is 0 Å². The number of rotatable bonds is 3. The third-order valence-electron chi connectivity index (χ3n) is 3.42. The topological polar surface area (TPSA) is 30.7 Å². The van der Waals surface area contributed by atoms with Crippen molar-refractivity contribution in [2.75, 3.05) is 0 Å². The third kappa shape index (κ3) is 2.56. The molecule has 110 valence electrons. The maximum Gasteiger partial charge on any atom is 0.128 e. The Balaban J connectivity index is 2.23. The van der Waals surface area contributed by atoms with Crippen molar-refractivity contribution < 1.29 is 4.39 Å². The van der Waals surface area contributed by atoms with E-state index < -0.39 is 0 Å². The summed E-state index contributed by atoms with van der Waals surface area (Å²) in [6, 6.07) is 4.57. The van der Waals surface area contributed by atoms with Gasteiger partial charge in [0.05, 0.1) is 22.5 Å². The lowest BCUT2D eigenvalue weighted by Gasteiger charge is -2.16. The minimum absolute atomic E-state index is 0.0355. The fourth-order valence-corrected chi connectivity index (χ4v) is 3.44. The van der Waals surface area contributed by atoms with Gasteiger partial charge in [-0.05, 0) is 39.0 Å². The highest BCUT2D eigenvalue weighted by Gasteiger charge is 2.22. The summed E-state index contributed by atoms with van der Waals surface area (Å²) in [7, 11) is 0.